The van der Waals surface area contributed by atoms with Crippen molar-refractivity contribution in [2.24, 2.45) is 0 Å². The Morgan fingerprint density at radius 2 is 2.08 bits per heavy atom. The molecule has 24 heavy (non-hydrogen) atoms. The van der Waals surface area contributed by atoms with Crippen molar-refractivity contribution < 1.29 is 14.6 Å². The molecule has 0 aliphatic heterocycles. The number of thioether (sulfide) groups is 1. The molecular formula is C19H29NO3S. The predicted octanol–water partition coefficient (Wildman–Crippen LogP) is 4.28. The fourth-order valence-corrected chi connectivity index (χ4v) is 4.07. The van der Waals surface area contributed by atoms with Crippen LogP contribution in [0.5, 0.6) is 5.75 Å². The number of carbonyl (C=O) groups is 1. The maximum atomic E-state index is 11.4. The second-order valence-corrected chi connectivity index (χ2v) is 7.69. The van der Waals surface area contributed by atoms with Crippen LogP contribution in [0.15, 0.2) is 18.2 Å². The molecule has 0 aromatic heterocycles. The molecular weight excluding hydrogens is 322 g/mol. The largest absolute Gasteiger partial charge is 0.496 e. The third-order valence-corrected chi connectivity index (χ3v) is 5.58. The smallest absolute Gasteiger partial charge is 0.339 e. The Balaban J connectivity index is 2.12. The number of ether oxygens (including phenoxy) is 1. The summed E-state index contributed by atoms with van der Waals surface area (Å²) >= 11 is 1.97. The molecule has 4 nitrogen and oxygen atoms in total. The van der Waals surface area contributed by atoms with Crippen molar-refractivity contribution in [3.8, 4) is 5.75 Å². The lowest BCUT2D eigenvalue weighted by atomic mass is 9.93. The highest BCUT2D eigenvalue weighted by atomic mass is 32.2. The van der Waals surface area contributed by atoms with Crippen LogP contribution in [0, 0.1) is 0 Å². The van der Waals surface area contributed by atoms with Gasteiger partial charge < -0.3 is 9.84 Å². The molecule has 5 heteroatoms. The normalized spacial score (nSPS) is 15.6. The summed E-state index contributed by atoms with van der Waals surface area (Å²) < 4.78 is 5.16. The van der Waals surface area contributed by atoms with Gasteiger partial charge in [-0.05, 0) is 36.3 Å². The van der Waals surface area contributed by atoms with E-state index in [4.69, 9.17) is 4.74 Å². The molecule has 1 N–H and O–H groups in total. The highest BCUT2D eigenvalue weighted by molar-refractivity contribution is 7.99. The molecule has 0 spiro atoms. The van der Waals surface area contributed by atoms with Crippen molar-refractivity contribution in [1.29, 1.82) is 0 Å². The van der Waals surface area contributed by atoms with E-state index in [1.54, 1.807) is 12.1 Å². The van der Waals surface area contributed by atoms with Crippen molar-refractivity contribution in [2.45, 2.75) is 51.6 Å². The van der Waals surface area contributed by atoms with Crippen LogP contribution in [-0.2, 0) is 6.54 Å². The number of hydrogen-bond donors (Lipinski definition) is 1. The molecule has 1 aliphatic rings. The minimum Gasteiger partial charge on any atom is -0.496 e. The third-order valence-electron chi connectivity index (χ3n) is 4.70. The lowest BCUT2D eigenvalue weighted by molar-refractivity contribution is 0.0693. The number of methoxy groups -OCH3 is 1. The average molecular weight is 352 g/mol. The highest BCUT2D eigenvalue weighted by Gasteiger charge is 2.22. The van der Waals surface area contributed by atoms with Crippen molar-refractivity contribution in [3.63, 3.8) is 0 Å². The molecule has 134 valence electrons. The van der Waals surface area contributed by atoms with Crippen LogP contribution in [0.25, 0.3) is 0 Å². The fourth-order valence-electron chi connectivity index (χ4n) is 3.42. The topological polar surface area (TPSA) is 49.8 Å². The molecule has 1 aliphatic carbocycles. The molecule has 0 saturated heterocycles. The molecule has 0 bridgehead atoms. The van der Waals surface area contributed by atoms with Crippen LogP contribution in [0.4, 0.5) is 0 Å². The number of nitrogens with zero attached hydrogens (tertiary/aromatic N) is 1. The van der Waals surface area contributed by atoms with E-state index in [1.807, 2.05) is 17.8 Å². The van der Waals surface area contributed by atoms with Gasteiger partial charge >= 0.3 is 5.97 Å². The van der Waals surface area contributed by atoms with Gasteiger partial charge in [-0.3, -0.25) is 4.90 Å². The van der Waals surface area contributed by atoms with Gasteiger partial charge in [0.2, 0.25) is 0 Å². The van der Waals surface area contributed by atoms with E-state index in [9.17, 15) is 9.90 Å². The van der Waals surface area contributed by atoms with Crippen LogP contribution in [-0.4, -0.2) is 47.2 Å². The predicted molar refractivity (Wildman–Crippen MR) is 100 cm³/mol. The van der Waals surface area contributed by atoms with E-state index in [2.05, 4.69) is 11.8 Å². The second-order valence-electron chi connectivity index (χ2n) is 6.30. The molecule has 0 atom stereocenters. The molecule has 1 aromatic rings. The number of hydrogen-bond acceptors (Lipinski definition) is 4. The molecule has 1 saturated carbocycles. The molecule has 0 radical (unpaired) electrons. The van der Waals surface area contributed by atoms with Gasteiger partial charge in [0.25, 0.3) is 0 Å². The highest BCUT2D eigenvalue weighted by Crippen LogP contribution is 2.26. The van der Waals surface area contributed by atoms with E-state index < -0.39 is 5.97 Å². The molecule has 0 unspecified atom stereocenters. The van der Waals surface area contributed by atoms with Crippen molar-refractivity contribution in [1.82, 2.24) is 4.90 Å². The monoisotopic (exact) mass is 351 g/mol. The van der Waals surface area contributed by atoms with E-state index >= 15 is 0 Å². The Kier molecular flexibility index (Phi) is 7.92. The van der Waals surface area contributed by atoms with Crippen LogP contribution in [0.3, 0.4) is 0 Å². The Morgan fingerprint density at radius 3 is 2.71 bits per heavy atom. The number of rotatable bonds is 9. The Labute approximate surface area is 149 Å². The second kappa shape index (κ2) is 9.94. The van der Waals surface area contributed by atoms with Crippen LogP contribution in [0.1, 0.15) is 54.9 Å². The summed E-state index contributed by atoms with van der Waals surface area (Å²) in [6, 6.07) is 6.17. The van der Waals surface area contributed by atoms with Gasteiger partial charge in [0.05, 0.1) is 7.11 Å². The summed E-state index contributed by atoms with van der Waals surface area (Å²) in [5.41, 5.74) is 1.31. The lowest BCUT2D eigenvalue weighted by Crippen LogP contribution is -2.37. The van der Waals surface area contributed by atoms with E-state index in [0.29, 0.717) is 11.8 Å². The Hall–Kier alpha value is -1.20. The van der Waals surface area contributed by atoms with Crippen LogP contribution in [0.2, 0.25) is 0 Å². The minimum atomic E-state index is -0.931. The van der Waals surface area contributed by atoms with Gasteiger partial charge in [-0.2, -0.15) is 11.8 Å². The SMILES string of the molecule is CCSCCN(Cc1ccc(OC)c(C(=O)O)c1)C1CCCCC1. The summed E-state index contributed by atoms with van der Waals surface area (Å²) in [5, 5.41) is 9.38. The average Bonchev–Trinajstić information content (AvgIpc) is 2.61. The zero-order chi connectivity index (χ0) is 17.4. The fraction of sp³-hybridized carbons (Fsp3) is 0.632. The van der Waals surface area contributed by atoms with Gasteiger partial charge in [-0.25, -0.2) is 4.79 Å². The summed E-state index contributed by atoms with van der Waals surface area (Å²) in [6.45, 7) is 4.08. The molecule has 1 fully saturated rings. The van der Waals surface area contributed by atoms with Crippen molar-refractivity contribution in [2.75, 3.05) is 25.2 Å². The molecule has 2 rings (SSSR count). The summed E-state index contributed by atoms with van der Waals surface area (Å²) in [6.07, 6.45) is 6.49. The van der Waals surface area contributed by atoms with Crippen LogP contribution >= 0.6 is 11.8 Å². The minimum absolute atomic E-state index is 0.251. The first-order valence-corrected chi connectivity index (χ1v) is 10.0. The van der Waals surface area contributed by atoms with Gasteiger partial charge in [0.1, 0.15) is 11.3 Å². The lowest BCUT2D eigenvalue weighted by Gasteiger charge is -2.34. The maximum Gasteiger partial charge on any atom is 0.339 e. The maximum absolute atomic E-state index is 11.4. The standard InChI is InChI=1S/C19H29NO3S/c1-3-24-12-11-20(16-7-5-4-6-8-16)14-15-9-10-18(23-2)17(13-15)19(21)22/h9-10,13,16H,3-8,11-12,14H2,1-2H3,(H,21,22). The van der Waals surface area contributed by atoms with E-state index in [1.165, 1.54) is 39.2 Å². The molecule has 0 amide bonds. The Bertz CT molecular complexity index is 529. The first kappa shape index (κ1) is 19.1. The van der Waals surface area contributed by atoms with Gasteiger partial charge in [-0.15, -0.1) is 0 Å². The number of carboxylic acid groups (broad SMARTS) is 1. The summed E-state index contributed by atoms with van der Waals surface area (Å²) in [5.74, 6) is 1.77. The van der Waals surface area contributed by atoms with Gasteiger partial charge in [-0.1, -0.05) is 32.3 Å². The zero-order valence-electron chi connectivity index (χ0n) is 14.8. The van der Waals surface area contributed by atoms with Crippen LogP contribution < -0.4 is 4.74 Å². The molecule has 0 heterocycles. The van der Waals surface area contributed by atoms with Crippen molar-refractivity contribution >= 4 is 17.7 Å². The summed E-state index contributed by atoms with van der Waals surface area (Å²) in [4.78, 5) is 14.0. The first-order chi connectivity index (χ1) is 11.7. The summed E-state index contributed by atoms with van der Waals surface area (Å²) in [7, 11) is 1.51. The van der Waals surface area contributed by atoms with E-state index in [0.717, 1.165) is 30.2 Å². The molecule has 1 aromatic carbocycles. The van der Waals surface area contributed by atoms with Gasteiger partial charge in [0, 0.05) is 24.9 Å². The van der Waals surface area contributed by atoms with E-state index in [-0.39, 0.29) is 5.56 Å². The number of carboxylic acids is 1. The first-order valence-electron chi connectivity index (χ1n) is 8.87. The Morgan fingerprint density at radius 1 is 1.33 bits per heavy atom. The van der Waals surface area contributed by atoms with Crippen molar-refractivity contribution in [3.05, 3.63) is 29.3 Å². The number of aromatic carboxylic acids is 1. The quantitative estimate of drug-likeness (QED) is 0.673. The zero-order valence-corrected chi connectivity index (χ0v) is 15.6. The third kappa shape index (κ3) is 5.42. The number of benzene rings is 1. The van der Waals surface area contributed by atoms with Gasteiger partial charge in [0.15, 0.2) is 0 Å².